The maximum atomic E-state index is 13.4. The summed E-state index contributed by atoms with van der Waals surface area (Å²) in [6.07, 6.45) is 6.78. The summed E-state index contributed by atoms with van der Waals surface area (Å²) < 4.78 is 1.99. The lowest BCUT2D eigenvalue weighted by atomic mass is 9.82. The van der Waals surface area contributed by atoms with Crippen molar-refractivity contribution in [3.63, 3.8) is 0 Å². The maximum Gasteiger partial charge on any atom is 0.246 e. The van der Waals surface area contributed by atoms with Crippen LogP contribution < -0.4 is 0 Å². The van der Waals surface area contributed by atoms with Crippen molar-refractivity contribution in [1.29, 1.82) is 0 Å². The zero-order valence-corrected chi connectivity index (χ0v) is 16.8. The highest BCUT2D eigenvalue weighted by molar-refractivity contribution is 5.97. The molecule has 1 aromatic carbocycles. The Morgan fingerprint density at radius 2 is 2.03 bits per heavy atom. The minimum atomic E-state index is -0.549. The van der Waals surface area contributed by atoms with Crippen LogP contribution in [0.15, 0.2) is 43.0 Å². The predicted octanol–water partition coefficient (Wildman–Crippen LogP) is 2.29. The van der Waals surface area contributed by atoms with Gasteiger partial charge in [0.1, 0.15) is 6.04 Å². The minimum absolute atomic E-state index is 0.0199. The van der Waals surface area contributed by atoms with Crippen LogP contribution in [0, 0.1) is 0 Å². The van der Waals surface area contributed by atoms with E-state index < -0.39 is 11.6 Å². The summed E-state index contributed by atoms with van der Waals surface area (Å²) in [4.78, 5) is 37.6. The summed E-state index contributed by atoms with van der Waals surface area (Å²) in [5.41, 5.74) is 2.72. The van der Waals surface area contributed by atoms with Gasteiger partial charge in [-0.2, -0.15) is 0 Å². The molecule has 1 N–H and O–H groups in total. The summed E-state index contributed by atoms with van der Waals surface area (Å²) >= 11 is 0. The number of hydrogen-bond donors (Lipinski definition) is 1. The lowest BCUT2D eigenvalue weighted by Gasteiger charge is -2.51. The Morgan fingerprint density at radius 3 is 2.83 bits per heavy atom. The van der Waals surface area contributed by atoms with Gasteiger partial charge < -0.3 is 19.4 Å². The van der Waals surface area contributed by atoms with Crippen molar-refractivity contribution in [2.75, 3.05) is 13.1 Å². The van der Waals surface area contributed by atoms with Crippen LogP contribution in [0.5, 0.6) is 0 Å². The number of benzene rings is 1. The van der Waals surface area contributed by atoms with Crippen LogP contribution in [0.3, 0.4) is 0 Å². The van der Waals surface area contributed by atoms with E-state index in [0.29, 0.717) is 13.0 Å². The van der Waals surface area contributed by atoms with E-state index in [4.69, 9.17) is 0 Å². The molecule has 1 saturated heterocycles. The summed E-state index contributed by atoms with van der Waals surface area (Å²) in [5, 5.41) is 1.15. The van der Waals surface area contributed by atoms with Gasteiger partial charge in [0.25, 0.3) is 0 Å². The topological polar surface area (TPSA) is 74.2 Å². The molecule has 29 heavy (non-hydrogen) atoms. The molecule has 3 aromatic rings. The van der Waals surface area contributed by atoms with Crippen molar-refractivity contribution in [2.24, 2.45) is 0 Å². The van der Waals surface area contributed by atoms with Crippen molar-refractivity contribution >= 4 is 22.7 Å². The first kappa shape index (κ1) is 18.0. The molecule has 1 atom stereocenters. The molecule has 0 unspecified atom stereocenters. The van der Waals surface area contributed by atoms with Gasteiger partial charge in [-0.05, 0) is 31.9 Å². The molecule has 0 bridgehead atoms. The number of nitrogens with zero attached hydrogens (tertiary/aromatic N) is 4. The fourth-order valence-electron chi connectivity index (χ4n) is 4.99. The van der Waals surface area contributed by atoms with Gasteiger partial charge in [0.15, 0.2) is 0 Å². The SMILES string of the molecule is CC1(C)c2[nH]c3ccccc3c2C[C@H]2C(=O)N(CCCn3ccnc3)CC(=O)N21. The lowest BCUT2D eigenvalue weighted by Crippen LogP contribution is -2.67. The number of para-hydroxylation sites is 1. The second-order valence-electron chi connectivity index (χ2n) is 8.48. The van der Waals surface area contributed by atoms with E-state index >= 15 is 0 Å². The average molecular weight is 391 g/mol. The van der Waals surface area contributed by atoms with Gasteiger partial charge in [-0.25, -0.2) is 4.98 Å². The summed E-state index contributed by atoms with van der Waals surface area (Å²) in [5.74, 6) is 0.0748. The smallest absolute Gasteiger partial charge is 0.246 e. The number of aromatic amines is 1. The zero-order valence-electron chi connectivity index (χ0n) is 16.8. The van der Waals surface area contributed by atoms with Gasteiger partial charge in [-0.3, -0.25) is 9.59 Å². The molecule has 7 nitrogen and oxygen atoms in total. The molecule has 0 radical (unpaired) electrons. The molecule has 0 aliphatic carbocycles. The summed E-state index contributed by atoms with van der Waals surface area (Å²) in [7, 11) is 0. The van der Waals surface area contributed by atoms with Crippen LogP contribution in [-0.2, 0) is 28.1 Å². The summed E-state index contributed by atoms with van der Waals surface area (Å²) in [6.45, 7) is 5.58. The van der Waals surface area contributed by atoms with Gasteiger partial charge in [0, 0.05) is 48.5 Å². The van der Waals surface area contributed by atoms with Crippen LogP contribution in [0.2, 0.25) is 0 Å². The number of aromatic nitrogens is 3. The van der Waals surface area contributed by atoms with E-state index in [0.717, 1.165) is 35.1 Å². The second-order valence-corrected chi connectivity index (χ2v) is 8.48. The van der Waals surface area contributed by atoms with E-state index in [-0.39, 0.29) is 18.4 Å². The molecule has 5 rings (SSSR count). The molecule has 2 amide bonds. The molecule has 2 aliphatic heterocycles. The third kappa shape index (κ3) is 2.75. The van der Waals surface area contributed by atoms with Crippen LogP contribution in [0.1, 0.15) is 31.5 Å². The number of amides is 2. The number of carbonyl (C=O) groups is 2. The number of imidazole rings is 1. The number of aryl methyl sites for hydroxylation is 1. The number of H-pyrrole nitrogens is 1. The van der Waals surface area contributed by atoms with Gasteiger partial charge in [0.2, 0.25) is 11.8 Å². The third-order valence-electron chi connectivity index (χ3n) is 6.33. The van der Waals surface area contributed by atoms with Crippen molar-refractivity contribution in [2.45, 2.75) is 44.8 Å². The highest BCUT2D eigenvalue weighted by atomic mass is 16.2. The van der Waals surface area contributed by atoms with Gasteiger partial charge in [-0.1, -0.05) is 18.2 Å². The fraction of sp³-hybridized carbons (Fsp3) is 0.409. The minimum Gasteiger partial charge on any atom is -0.356 e. The monoisotopic (exact) mass is 391 g/mol. The molecular formula is C22H25N5O2. The van der Waals surface area contributed by atoms with E-state index in [1.54, 1.807) is 22.3 Å². The lowest BCUT2D eigenvalue weighted by molar-refractivity contribution is -0.163. The van der Waals surface area contributed by atoms with Crippen molar-refractivity contribution in [3.8, 4) is 0 Å². The Morgan fingerprint density at radius 1 is 1.21 bits per heavy atom. The first-order valence-electron chi connectivity index (χ1n) is 10.1. The van der Waals surface area contributed by atoms with E-state index in [9.17, 15) is 9.59 Å². The molecule has 1 fully saturated rings. The molecule has 4 heterocycles. The van der Waals surface area contributed by atoms with Crippen molar-refractivity contribution in [1.82, 2.24) is 24.3 Å². The molecule has 2 aromatic heterocycles. The average Bonchev–Trinajstić information content (AvgIpc) is 3.33. The second kappa shape index (κ2) is 6.47. The van der Waals surface area contributed by atoms with Crippen molar-refractivity contribution in [3.05, 3.63) is 54.2 Å². The first-order chi connectivity index (χ1) is 14.0. The van der Waals surface area contributed by atoms with Gasteiger partial charge in [0.05, 0.1) is 18.4 Å². The largest absolute Gasteiger partial charge is 0.356 e. The van der Waals surface area contributed by atoms with Gasteiger partial charge >= 0.3 is 0 Å². The number of rotatable bonds is 4. The highest BCUT2D eigenvalue weighted by Crippen LogP contribution is 2.42. The highest BCUT2D eigenvalue weighted by Gasteiger charge is 2.51. The van der Waals surface area contributed by atoms with Crippen molar-refractivity contribution < 1.29 is 9.59 Å². The molecule has 2 aliphatic rings. The third-order valence-corrected chi connectivity index (χ3v) is 6.33. The Labute approximate surface area is 169 Å². The Balaban J connectivity index is 1.43. The predicted molar refractivity (Wildman–Crippen MR) is 109 cm³/mol. The molecule has 0 saturated carbocycles. The van der Waals surface area contributed by atoms with Crippen LogP contribution >= 0.6 is 0 Å². The van der Waals surface area contributed by atoms with E-state index in [1.165, 1.54) is 0 Å². The maximum absolute atomic E-state index is 13.4. The van der Waals surface area contributed by atoms with Crippen LogP contribution in [0.25, 0.3) is 10.9 Å². The zero-order chi connectivity index (χ0) is 20.2. The van der Waals surface area contributed by atoms with Crippen LogP contribution in [-0.4, -0.2) is 55.3 Å². The molecule has 0 spiro atoms. The fourth-order valence-corrected chi connectivity index (χ4v) is 4.99. The Kier molecular flexibility index (Phi) is 4.01. The molecular weight excluding hydrogens is 366 g/mol. The number of fused-ring (bicyclic) bond motifs is 4. The van der Waals surface area contributed by atoms with E-state index in [1.807, 2.05) is 36.7 Å². The quantitative estimate of drug-likeness (QED) is 0.742. The summed E-state index contributed by atoms with van der Waals surface area (Å²) in [6, 6.07) is 7.73. The number of carbonyl (C=O) groups excluding carboxylic acids is 2. The number of nitrogens with one attached hydrogen (secondary N) is 1. The van der Waals surface area contributed by atoms with E-state index in [2.05, 4.69) is 22.1 Å². The number of piperazine rings is 1. The van der Waals surface area contributed by atoms with Crippen LogP contribution in [0.4, 0.5) is 0 Å². The Bertz CT molecular complexity index is 1080. The number of hydrogen-bond acceptors (Lipinski definition) is 3. The molecule has 150 valence electrons. The normalized spacial score (nSPS) is 20.8. The Hall–Kier alpha value is -3.09. The standard InChI is InChI=1S/C22H25N5O2/c1-22(2)20-16(15-6-3-4-7-17(15)24-20)12-18-21(29)26(13-19(28)27(18)22)10-5-9-25-11-8-23-14-25/h3-4,6-8,11,14,18,24H,5,9-10,12-13H2,1-2H3/t18-/m0/s1. The molecule has 7 heteroatoms. The first-order valence-corrected chi connectivity index (χ1v) is 10.1. The van der Waals surface area contributed by atoms with Gasteiger partial charge in [-0.15, -0.1) is 0 Å².